The van der Waals surface area contributed by atoms with Crippen molar-refractivity contribution in [2.24, 2.45) is 5.16 Å². The summed E-state index contributed by atoms with van der Waals surface area (Å²) < 4.78 is 43.5. The van der Waals surface area contributed by atoms with Gasteiger partial charge in [-0.1, -0.05) is 29.4 Å². The Balaban J connectivity index is 1.84. The third-order valence-electron chi connectivity index (χ3n) is 3.69. The Morgan fingerprint density at radius 1 is 1.17 bits per heavy atom. The van der Waals surface area contributed by atoms with Crippen molar-refractivity contribution < 1.29 is 27.9 Å². The number of rotatable bonds is 3. The van der Waals surface area contributed by atoms with Crippen LogP contribution in [0.3, 0.4) is 0 Å². The van der Waals surface area contributed by atoms with Gasteiger partial charge in [-0.2, -0.15) is 13.2 Å². The van der Waals surface area contributed by atoms with E-state index in [-0.39, 0.29) is 5.71 Å². The number of methoxy groups -OCH3 is 1. The van der Waals surface area contributed by atoms with Gasteiger partial charge in [0.15, 0.2) is 0 Å². The monoisotopic (exact) mass is 338 g/mol. The molecule has 1 aromatic carbocycles. The number of pyridine rings is 1. The lowest BCUT2D eigenvalue weighted by Gasteiger charge is -2.22. The fourth-order valence-corrected chi connectivity index (χ4v) is 2.35. The van der Waals surface area contributed by atoms with Crippen molar-refractivity contribution in [2.45, 2.75) is 18.4 Å². The van der Waals surface area contributed by atoms with Crippen molar-refractivity contribution in [1.82, 2.24) is 4.98 Å². The van der Waals surface area contributed by atoms with Crippen LogP contribution in [-0.2, 0) is 4.84 Å². The van der Waals surface area contributed by atoms with Crippen LogP contribution in [0.4, 0.5) is 13.2 Å². The summed E-state index contributed by atoms with van der Waals surface area (Å²) in [7, 11) is 1.54. The van der Waals surface area contributed by atoms with Gasteiger partial charge in [-0.05, 0) is 17.2 Å². The molecule has 0 saturated carbocycles. The summed E-state index contributed by atoms with van der Waals surface area (Å²) in [4.78, 5) is 8.25. The Morgan fingerprint density at radius 3 is 2.42 bits per heavy atom. The van der Waals surface area contributed by atoms with Crippen molar-refractivity contribution in [3.05, 3.63) is 48.3 Å². The van der Waals surface area contributed by atoms with E-state index in [9.17, 15) is 18.3 Å². The molecule has 0 fully saturated rings. The molecule has 1 atom stereocenters. The molecule has 2 heterocycles. The van der Waals surface area contributed by atoms with Crippen LogP contribution < -0.4 is 4.74 Å². The Morgan fingerprint density at radius 2 is 1.83 bits per heavy atom. The highest BCUT2D eigenvalue weighted by Crippen LogP contribution is 2.39. The van der Waals surface area contributed by atoms with Crippen LogP contribution in [0.15, 0.2) is 47.9 Å². The molecule has 1 unspecified atom stereocenters. The summed E-state index contributed by atoms with van der Waals surface area (Å²) in [6.45, 7) is 0. The molecule has 0 radical (unpaired) electrons. The lowest BCUT2D eigenvalue weighted by atomic mass is 9.99. The van der Waals surface area contributed by atoms with E-state index in [1.54, 1.807) is 42.7 Å². The summed E-state index contributed by atoms with van der Waals surface area (Å²) in [5.41, 5.74) is 2.00. The molecule has 1 aliphatic heterocycles. The highest BCUT2D eigenvalue weighted by atomic mass is 19.4. The van der Waals surface area contributed by atoms with E-state index in [4.69, 9.17) is 4.74 Å². The molecule has 0 aliphatic carbocycles. The summed E-state index contributed by atoms with van der Waals surface area (Å²) in [6, 6.07) is 8.34. The molecular weight excluding hydrogens is 325 g/mol. The van der Waals surface area contributed by atoms with Gasteiger partial charge in [0, 0.05) is 18.0 Å². The molecule has 0 bridgehead atoms. The Bertz CT molecular complexity index is 775. The minimum Gasteiger partial charge on any atom is -0.496 e. The molecule has 5 nitrogen and oxygen atoms in total. The van der Waals surface area contributed by atoms with Gasteiger partial charge in [0.2, 0.25) is 0 Å². The Kier molecular flexibility index (Phi) is 3.92. The molecular formula is C16H13F3N2O3. The molecule has 3 rings (SSSR count). The highest BCUT2D eigenvalue weighted by Gasteiger charge is 2.60. The first-order chi connectivity index (χ1) is 11.3. The third kappa shape index (κ3) is 2.80. The topological polar surface area (TPSA) is 63.9 Å². The fraction of sp³-hybridized carbons (Fsp3) is 0.250. The van der Waals surface area contributed by atoms with Crippen molar-refractivity contribution in [3.8, 4) is 16.9 Å². The smallest absolute Gasteiger partial charge is 0.458 e. The van der Waals surface area contributed by atoms with Crippen LogP contribution in [0.5, 0.6) is 5.75 Å². The first kappa shape index (κ1) is 16.3. The van der Waals surface area contributed by atoms with Crippen molar-refractivity contribution >= 4 is 5.71 Å². The van der Waals surface area contributed by atoms with Gasteiger partial charge in [-0.25, -0.2) is 0 Å². The number of hydrogen-bond donors (Lipinski definition) is 1. The first-order valence-corrected chi connectivity index (χ1v) is 6.97. The van der Waals surface area contributed by atoms with E-state index in [1.165, 1.54) is 7.11 Å². The number of nitrogens with zero attached hydrogens (tertiary/aromatic N) is 2. The van der Waals surface area contributed by atoms with E-state index in [0.29, 0.717) is 11.3 Å². The van der Waals surface area contributed by atoms with Crippen LogP contribution in [0, 0.1) is 0 Å². The number of alkyl halides is 3. The van der Waals surface area contributed by atoms with Gasteiger partial charge in [0.05, 0.1) is 19.2 Å². The third-order valence-corrected chi connectivity index (χ3v) is 3.69. The van der Waals surface area contributed by atoms with Crippen LogP contribution >= 0.6 is 0 Å². The lowest BCUT2D eigenvalue weighted by Crippen LogP contribution is -2.45. The molecule has 8 heteroatoms. The minimum absolute atomic E-state index is 0.0273. The summed E-state index contributed by atoms with van der Waals surface area (Å²) in [6.07, 6.45) is -2.45. The van der Waals surface area contributed by atoms with Gasteiger partial charge in [-0.15, -0.1) is 0 Å². The maximum absolute atomic E-state index is 12.7. The van der Waals surface area contributed by atoms with E-state index in [2.05, 4.69) is 15.0 Å². The van der Waals surface area contributed by atoms with E-state index in [1.807, 2.05) is 0 Å². The second-order valence-corrected chi connectivity index (χ2v) is 5.24. The van der Waals surface area contributed by atoms with E-state index >= 15 is 0 Å². The summed E-state index contributed by atoms with van der Waals surface area (Å²) in [5.74, 6) is -2.64. The number of aliphatic hydroxyl groups is 1. The summed E-state index contributed by atoms with van der Waals surface area (Å²) >= 11 is 0. The zero-order chi connectivity index (χ0) is 17.4. The lowest BCUT2D eigenvalue weighted by molar-refractivity contribution is -0.355. The zero-order valence-electron chi connectivity index (χ0n) is 12.5. The van der Waals surface area contributed by atoms with Gasteiger partial charge < -0.3 is 14.7 Å². The normalized spacial score (nSPS) is 20.5. The predicted molar refractivity (Wildman–Crippen MR) is 79.5 cm³/mol. The van der Waals surface area contributed by atoms with E-state index in [0.717, 1.165) is 11.1 Å². The number of ether oxygens (including phenoxy) is 1. The second-order valence-electron chi connectivity index (χ2n) is 5.24. The predicted octanol–water partition coefficient (Wildman–Crippen LogP) is 3.13. The van der Waals surface area contributed by atoms with Gasteiger partial charge in [0.25, 0.3) is 0 Å². The maximum Gasteiger partial charge on any atom is 0.458 e. The molecule has 1 aliphatic rings. The maximum atomic E-state index is 12.7. The van der Waals surface area contributed by atoms with Gasteiger partial charge in [0.1, 0.15) is 5.75 Å². The molecule has 1 N–H and O–H groups in total. The van der Waals surface area contributed by atoms with Crippen LogP contribution in [0.2, 0.25) is 0 Å². The van der Waals surface area contributed by atoms with Crippen molar-refractivity contribution in [3.63, 3.8) is 0 Å². The molecule has 24 heavy (non-hydrogen) atoms. The fourth-order valence-electron chi connectivity index (χ4n) is 2.35. The second kappa shape index (κ2) is 5.79. The molecule has 0 spiro atoms. The number of hydrogen-bond acceptors (Lipinski definition) is 5. The average molecular weight is 338 g/mol. The van der Waals surface area contributed by atoms with Crippen molar-refractivity contribution in [2.75, 3.05) is 7.11 Å². The Labute approximate surface area is 135 Å². The number of oxime groups is 1. The molecule has 1 aromatic heterocycles. The number of benzene rings is 1. The quantitative estimate of drug-likeness (QED) is 0.934. The van der Waals surface area contributed by atoms with Gasteiger partial charge >= 0.3 is 12.0 Å². The van der Waals surface area contributed by atoms with Crippen molar-refractivity contribution in [1.29, 1.82) is 0 Å². The summed E-state index contributed by atoms with van der Waals surface area (Å²) in [5, 5.41) is 12.8. The van der Waals surface area contributed by atoms with E-state index < -0.39 is 18.4 Å². The molecule has 0 amide bonds. The SMILES string of the molecule is COc1ccncc1-c1ccc(C2=NOC(O)(C(F)(F)F)C2)cc1. The molecule has 126 valence electrons. The first-order valence-electron chi connectivity index (χ1n) is 6.97. The van der Waals surface area contributed by atoms with Gasteiger partial charge in [-0.3, -0.25) is 4.98 Å². The standard InChI is InChI=1S/C16H13F3N2O3/c1-23-14-6-7-20-9-12(14)10-2-4-11(5-3-10)13-8-15(22,24-21-13)16(17,18)19/h2-7,9,22H,8H2,1H3. The Hall–Kier alpha value is -2.61. The largest absolute Gasteiger partial charge is 0.496 e. The highest BCUT2D eigenvalue weighted by molar-refractivity contribution is 6.01. The molecule has 2 aromatic rings. The van der Waals surface area contributed by atoms with Crippen LogP contribution in [0.1, 0.15) is 12.0 Å². The zero-order valence-corrected chi connectivity index (χ0v) is 12.5. The average Bonchev–Trinajstić information content (AvgIpc) is 2.98. The number of halogens is 3. The number of aromatic nitrogens is 1. The molecule has 0 saturated heterocycles. The van der Waals surface area contributed by atoms with Crippen LogP contribution in [-0.4, -0.2) is 34.9 Å². The minimum atomic E-state index is -4.92. The van der Waals surface area contributed by atoms with Crippen LogP contribution in [0.25, 0.3) is 11.1 Å².